The van der Waals surface area contributed by atoms with Crippen LogP contribution in [0.4, 0.5) is 17.5 Å². The van der Waals surface area contributed by atoms with Crippen molar-refractivity contribution in [2.45, 2.75) is 38.6 Å². The van der Waals surface area contributed by atoms with Gasteiger partial charge in [0.15, 0.2) is 0 Å². The zero-order valence-electron chi connectivity index (χ0n) is 17.0. The number of methoxy groups -OCH3 is 1. The number of carbonyl (C=O) groups is 1. The van der Waals surface area contributed by atoms with Gasteiger partial charge in [-0.25, -0.2) is 4.98 Å². The summed E-state index contributed by atoms with van der Waals surface area (Å²) in [5.74, 6) is 2.41. The summed E-state index contributed by atoms with van der Waals surface area (Å²) in [6, 6.07) is 7.74. The highest BCUT2D eigenvalue weighted by Crippen LogP contribution is 2.28. The molecule has 1 aromatic heterocycles. The van der Waals surface area contributed by atoms with Gasteiger partial charge in [0.25, 0.3) is 0 Å². The van der Waals surface area contributed by atoms with E-state index in [9.17, 15) is 4.79 Å². The van der Waals surface area contributed by atoms with Crippen LogP contribution in [0, 0.1) is 12.8 Å². The maximum atomic E-state index is 12.6. The minimum atomic E-state index is 0.0283. The number of nitrogens with one attached hydrogen (secondary N) is 2. The van der Waals surface area contributed by atoms with E-state index in [1.165, 1.54) is 0 Å². The summed E-state index contributed by atoms with van der Waals surface area (Å²) in [6.45, 7) is 2.01. The first-order chi connectivity index (χ1) is 13.5. The van der Waals surface area contributed by atoms with E-state index in [0.717, 1.165) is 48.5 Å². The fourth-order valence-corrected chi connectivity index (χ4v) is 3.58. The Kier molecular flexibility index (Phi) is 6.34. The molecule has 1 amide bonds. The summed E-state index contributed by atoms with van der Waals surface area (Å²) in [6.07, 6.45) is 5.38. The molecule has 0 bridgehead atoms. The van der Waals surface area contributed by atoms with Crippen molar-refractivity contribution >= 4 is 23.4 Å². The predicted molar refractivity (Wildman–Crippen MR) is 112 cm³/mol. The molecule has 1 aliphatic rings. The fraction of sp³-hybridized carbons (Fsp3) is 0.476. The molecule has 150 valence electrons. The summed E-state index contributed by atoms with van der Waals surface area (Å²) in [5, 5.41) is 6.44. The van der Waals surface area contributed by atoms with Crippen LogP contribution < -0.4 is 20.3 Å². The summed E-state index contributed by atoms with van der Waals surface area (Å²) in [4.78, 5) is 23.6. The van der Waals surface area contributed by atoms with Crippen LogP contribution in [-0.4, -0.2) is 43.1 Å². The molecule has 2 aromatic rings. The molecule has 28 heavy (non-hydrogen) atoms. The number of aromatic nitrogens is 2. The highest BCUT2D eigenvalue weighted by molar-refractivity contribution is 5.92. The van der Waals surface area contributed by atoms with Gasteiger partial charge >= 0.3 is 0 Å². The molecular formula is C21H29N5O2. The van der Waals surface area contributed by atoms with Crippen molar-refractivity contribution in [2.75, 3.05) is 36.7 Å². The van der Waals surface area contributed by atoms with Gasteiger partial charge in [-0.3, -0.25) is 4.79 Å². The largest absolute Gasteiger partial charge is 0.497 e. The fourth-order valence-electron chi connectivity index (χ4n) is 3.58. The Morgan fingerprint density at radius 3 is 2.64 bits per heavy atom. The molecule has 0 atom stereocenters. The van der Waals surface area contributed by atoms with E-state index in [4.69, 9.17) is 4.74 Å². The number of carbonyl (C=O) groups excluding carboxylic acids is 1. The minimum absolute atomic E-state index is 0.0283. The normalized spacial score (nSPS) is 19.0. The summed E-state index contributed by atoms with van der Waals surface area (Å²) < 4.78 is 5.21. The van der Waals surface area contributed by atoms with Crippen LogP contribution >= 0.6 is 0 Å². The molecule has 7 nitrogen and oxygen atoms in total. The van der Waals surface area contributed by atoms with Crippen molar-refractivity contribution in [3.05, 3.63) is 36.0 Å². The second kappa shape index (κ2) is 8.91. The number of amides is 1. The Morgan fingerprint density at radius 2 is 1.96 bits per heavy atom. The van der Waals surface area contributed by atoms with Crippen LogP contribution in [0.2, 0.25) is 0 Å². The van der Waals surface area contributed by atoms with Gasteiger partial charge in [0.1, 0.15) is 11.6 Å². The Morgan fingerprint density at radius 1 is 1.21 bits per heavy atom. The molecule has 0 spiro atoms. The summed E-state index contributed by atoms with van der Waals surface area (Å²) in [7, 11) is 5.57. The zero-order chi connectivity index (χ0) is 20.1. The Bertz CT molecular complexity index is 816. The molecule has 1 heterocycles. The van der Waals surface area contributed by atoms with Gasteiger partial charge in [0.2, 0.25) is 11.9 Å². The van der Waals surface area contributed by atoms with Crippen LogP contribution in [0.5, 0.6) is 5.75 Å². The molecule has 2 N–H and O–H groups in total. The highest BCUT2D eigenvalue weighted by Gasteiger charge is 2.27. The molecule has 3 rings (SSSR count). The van der Waals surface area contributed by atoms with Gasteiger partial charge in [-0.1, -0.05) is 6.07 Å². The van der Waals surface area contributed by atoms with Gasteiger partial charge in [0.05, 0.1) is 7.11 Å². The van der Waals surface area contributed by atoms with E-state index in [1.807, 2.05) is 56.4 Å². The Labute approximate surface area is 166 Å². The lowest BCUT2D eigenvalue weighted by Crippen LogP contribution is -2.32. The monoisotopic (exact) mass is 383 g/mol. The quantitative estimate of drug-likeness (QED) is 0.795. The lowest BCUT2D eigenvalue weighted by atomic mass is 9.85. The molecule has 0 saturated heterocycles. The first kappa shape index (κ1) is 19.9. The molecular weight excluding hydrogens is 354 g/mol. The molecule has 0 unspecified atom stereocenters. The third-order valence-electron chi connectivity index (χ3n) is 5.14. The first-order valence-electron chi connectivity index (χ1n) is 9.68. The van der Waals surface area contributed by atoms with Gasteiger partial charge in [-0.2, -0.15) is 4.98 Å². The van der Waals surface area contributed by atoms with Crippen molar-refractivity contribution < 1.29 is 9.53 Å². The average molecular weight is 383 g/mol. The van der Waals surface area contributed by atoms with Gasteiger partial charge in [-0.15, -0.1) is 0 Å². The van der Waals surface area contributed by atoms with Crippen LogP contribution in [0.15, 0.2) is 30.5 Å². The minimum Gasteiger partial charge on any atom is -0.497 e. The second-order valence-electron chi connectivity index (χ2n) is 7.51. The molecule has 1 saturated carbocycles. The summed E-state index contributed by atoms with van der Waals surface area (Å²) >= 11 is 0. The number of nitrogens with zero attached hydrogens (tertiary/aromatic N) is 3. The maximum Gasteiger partial charge on any atom is 0.227 e. The standard InChI is InChI=1S/C21H29N5O2/c1-14-13-22-21(25-19(14)26(2)3)24-16-10-8-15(9-11-16)20(27)23-17-6-5-7-18(12-17)28-4/h5-7,12-13,15-16H,8-11H2,1-4H3,(H,23,27)(H,22,24,25)/t15-,16+. The first-order valence-corrected chi connectivity index (χ1v) is 9.68. The third kappa shape index (κ3) is 4.91. The number of benzene rings is 1. The van der Waals surface area contributed by atoms with Crippen LogP contribution in [0.1, 0.15) is 31.2 Å². The average Bonchev–Trinajstić information content (AvgIpc) is 2.70. The van der Waals surface area contributed by atoms with Crippen molar-refractivity contribution in [3.63, 3.8) is 0 Å². The molecule has 1 fully saturated rings. The van der Waals surface area contributed by atoms with Crippen LogP contribution in [-0.2, 0) is 4.79 Å². The third-order valence-corrected chi connectivity index (χ3v) is 5.14. The van der Waals surface area contributed by atoms with E-state index in [2.05, 4.69) is 20.6 Å². The van der Waals surface area contributed by atoms with Gasteiger partial charge < -0.3 is 20.3 Å². The zero-order valence-corrected chi connectivity index (χ0v) is 17.0. The van der Waals surface area contributed by atoms with E-state index in [1.54, 1.807) is 7.11 Å². The molecule has 1 aliphatic carbocycles. The SMILES string of the molecule is COc1cccc(NC(=O)[C@H]2CC[C@@H](Nc3ncc(C)c(N(C)C)n3)CC2)c1. The Balaban J connectivity index is 1.53. The summed E-state index contributed by atoms with van der Waals surface area (Å²) in [5.41, 5.74) is 1.82. The Hall–Kier alpha value is -2.83. The van der Waals surface area contributed by atoms with E-state index >= 15 is 0 Å². The lowest BCUT2D eigenvalue weighted by molar-refractivity contribution is -0.120. The van der Waals surface area contributed by atoms with Crippen molar-refractivity contribution in [3.8, 4) is 5.75 Å². The number of hydrogen-bond acceptors (Lipinski definition) is 6. The predicted octanol–water partition coefficient (Wildman–Crippen LogP) is 3.47. The number of ether oxygens (including phenoxy) is 1. The van der Waals surface area contributed by atoms with Crippen molar-refractivity contribution in [2.24, 2.45) is 5.92 Å². The van der Waals surface area contributed by atoms with E-state index in [0.29, 0.717) is 12.0 Å². The molecule has 7 heteroatoms. The number of anilines is 3. The highest BCUT2D eigenvalue weighted by atomic mass is 16.5. The van der Waals surface area contributed by atoms with E-state index in [-0.39, 0.29) is 11.8 Å². The number of aryl methyl sites for hydroxylation is 1. The molecule has 1 aromatic carbocycles. The smallest absolute Gasteiger partial charge is 0.227 e. The van der Waals surface area contributed by atoms with E-state index < -0.39 is 0 Å². The molecule has 0 aliphatic heterocycles. The van der Waals surface area contributed by atoms with Crippen LogP contribution in [0.25, 0.3) is 0 Å². The van der Waals surface area contributed by atoms with Gasteiger partial charge in [0, 0.05) is 49.6 Å². The number of rotatable bonds is 6. The lowest BCUT2D eigenvalue weighted by Gasteiger charge is -2.28. The van der Waals surface area contributed by atoms with Crippen molar-refractivity contribution in [1.82, 2.24) is 9.97 Å². The second-order valence-corrected chi connectivity index (χ2v) is 7.51. The molecule has 0 radical (unpaired) electrons. The van der Waals surface area contributed by atoms with Crippen molar-refractivity contribution in [1.29, 1.82) is 0 Å². The van der Waals surface area contributed by atoms with Gasteiger partial charge in [-0.05, 0) is 44.7 Å². The van der Waals surface area contributed by atoms with Crippen LogP contribution in [0.3, 0.4) is 0 Å². The topological polar surface area (TPSA) is 79.4 Å². The number of hydrogen-bond donors (Lipinski definition) is 2. The maximum absolute atomic E-state index is 12.6.